The summed E-state index contributed by atoms with van der Waals surface area (Å²) in [6, 6.07) is 6.15. The van der Waals surface area contributed by atoms with Gasteiger partial charge in [0, 0.05) is 26.2 Å². The Bertz CT molecular complexity index is 626. The van der Waals surface area contributed by atoms with Gasteiger partial charge < -0.3 is 19.7 Å². The quantitative estimate of drug-likeness (QED) is 0.460. The van der Waals surface area contributed by atoms with Gasteiger partial charge in [-0.25, -0.2) is 0 Å². The predicted octanol–water partition coefficient (Wildman–Crippen LogP) is 3.48. The Morgan fingerprint density at radius 3 is 2.62 bits per heavy atom. The van der Waals surface area contributed by atoms with Gasteiger partial charge in [0.1, 0.15) is 0 Å². The summed E-state index contributed by atoms with van der Waals surface area (Å²) < 4.78 is 10.7. The van der Waals surface area contributed by atoms with E-state index in [-0.39, 0.29) is 0 Å². The third kappa shape index (κ3) is 4.25. The number of hydrogen-bond acceptors (Lipinski definition) is 3. The van der Waals surface area contributed by atoms with Crippen LogP contribution in [0.1, 0.15) is 44.6 Å². The molecule has 1 saturated heterocycles. The summed E-state index contributed by atoms with van der Waals surface area (Å²) in [5.74, 6) is 2.68. The van der Waals surface area contributed by atoms with E-state index < -0.39 is 0 Å². The largest absolute Gasteiger partial charge is 0.493 e. The Morgan fingerprint density at radius 1 is 1.19 bits per heavy atom. The maximum Gasteiger partial charge on any atom is 0.193 e. The lowest BCUT2D eigenvalue weighted by Crippen LogP contribution is -2.42. The predicted molar refractivity (Wildman–Crippen MR) is 106 cm³/mol. The summed E-state index contributed by atoms with van der Waals surface area (Å²) in [5, 5.41) is 3.48. The summed E-state index contributed by atoms with van der Waals surface area (Å²) in [5.41, 5.74) is 1.87. The standard InChI is InChI=1S/C21H33N3O2/c1-4-22-20(24-14-12-21(16-24)10-6-11-21)23-13-5-7-17-8-9-18(25-2)19(15-17)26-3/h8-9,15H,4-7,10-14,16H2,1-3H3,(H,22,23). The van der Waals surface area contributed by atoms with Crippen LogP contribution in [-0.2, 0) is 6.42 Å². The summed E-state index contributed by atoms with van der Waals surface area (Å²) >= 11 is 0. The molecule has 1 spiro atoms. The summed E-state index contributed by atoms with van der Waals surface area (Å²) in [7, 11) is 3.35. The Kier molecular flexibility index (Phi) is 6.28. The number of ether oxygens (including phenoxy) is 2. The molecule has 2 fully saturated rings. The first-order valence-corrected chi connectivity index (χ1v) is 9.94. The number of guanidine groups is 1. The van der Waals surface area contributed by atoms with Crippen molar-refractivity contribution >= 4 is 5.96 Å². The highest BCUT2D eigenvalue weighted by Crippen LogP contribution is 2.47. The van der Waals surface area contributed by atoms with Gasteiger partial charge in [0.15, 0.2) is 17.5 Å². The van der Waals surface area contributed by atoms with E-state index in [1.54, 1.807) is 14.2 Å². The number of benzene rings is 1. The molecule has 0 atom stereocenters. The Labute approximate surface area is 157 Å². The number of aliphatic imine (C=N–C) groups is 1. The van der Waals surface area contributed by atoms with Crippen LogP contribution in [0, 0.1) is 5.41 Å². The van der Waals surface area contributed by atoms with Gasteiger partial charge in [-0.1, -0.05) is 12.5 Å². The number of hydrogen-bond donors (Lipinski definition) is 1. The van der Waals surface area contributed by atoms with Crippen LogP contribution in [0.25, 0.3) is 0 Å². The molecule has 1 heterocycles. The molecule has 2 aliphatic rings. The average molecular weight is 360 g/mol. The molecular weight excluding hydrogens is 326 g/mol. The maximum absolute atomic E-state index is 5.39. The molecule has 1 saturated carbocycles. The van der Waals surface area contributed by atoms with Gasteiger partial charge >= 0.3 is 0 Å². The minimum absolute atomic E-state index is 0.607. The van der Waals surface area contributed by atoms with E-state index >= 15 is 0 Å². The molecule has 0 unspecified atom stereocenters. The van der Waals surface area contributed by atoms with Crippen LogP contribution in [0.4, 0.5) is 0 Å². The summed E-state index contributed by atoms with van der Waals surface area (Å²) in [6.07, 6.45) is 7.58. The Hall–Kier alpha value is -1.91. The van der Waals surface area contributed by atoms with Crippen molar-refractivity contribution in [3.8, 4) is 11.5 Å². The van der Waals surface area contributed by atoms with E-state index in [0.29, 0.717) is 5.41 Å². The molecule has 144 valence electrons. The van der Waals surface area contributed by atoms with Crippen LogP contribution in [0.3, 0.4) is 0 Å². The molecule has 0 radical (unpaired) electrons. The molecule has 1 aromatic rings. The van der Waals surface area contributed by atoms with Gasteiger partial charge in [0.25, 0.3) is 0 Å². The lowest BCUT2D eigenvalue weighted by Gasteiger charge is -2.38. The van der Waals surface area contributed by atoms with Crippen molar-refractivity contribution < 1.29 is 9.47 Å². The van der Waals surface area contributed by atoms with E-state index in [1.807, 2.05) is 6.07 Å². The number of likely N-dealkylation sites (tertiary alicyclic amines) is 1. The van der Waals surface area contributed by atoms with E-state index in [0.717, 1.165) is 49.9 Å². The normalized spacial score (nSPS) is 18.7. The van der Waals surface area contributed by atoms with Gasteiger partial charge in [0.05, 0.1) is 14.2 Å². The first-order valence-electron chi connectivity index (χ1n) is 9.94. The Morgan fingerprint density at radius 2 is 2.00 bits per heavy atom. The van der Waals surface area contributed by atoms with Crippen molar-refractivity contribution in [2.75, 3.05) is 40.4 Å². The average Bonchev–Trinajstić information content (AvgIpc) is 3.10. The van der Waals surface area contributed by atoms with Crippen LogP contribution >= 0.6 is 0 Å². The minimum atomic E-state index is 0.607. The molecule has 26 heavy (non-hydrogen) atoms. The number of rotatable bonds is 7. The maximum atomic E-state index is 5.39. The fourth-order valence-corrected chi connectivity index (χ4v) is 4.13. The van der Waals surface area contributed by atoms with Crippen molar-refractivity contribution in [2.45, 2.75) is 45.4 Å². The summed E-state index contributed by atoms with van der Waals surface area (Å²) in [6.45, 7) is 6.27. The van der Waals surface area contributed by atoms with Crippen molar-refractivity contribution in [1.29, 1.82) is 0 Å². The first kappa shape index (κ1) is 18.9. The highest BCUT2D eigenvalue weighted by Gasteiger charge is 2.43. The third-order valence-corrected chi connectivity index (χ3v) is 5.82. The highest BCUT2D eigenvalue weighted by atomic mass is 16.5. The fraction of sp³-hybridized carbons (Fsp3) is 0.667. The highest BCUT2D eigenvalue weighted by molar-refractivity contribution is 5.80. The van der Waals surface area contributed by atoms with E-state index in [2.05, 4.69) is 29.3 Å². The van der Waals surface area contributed by atoms with Crippen LogP contribution in [0.2, 0.25) is 0 Å². The van der Waals surface area contributed by atoms with Gasteiger partial charge in [-0.15, -0.1) is 0 Å². The molecule has 0 aromatic heterocycles. The molecular formula is C21H33N3O2. The smallest absolute Gasteiger partial charge is 0.193 e. The molecule has 1 N–H and O–H groups in total. The number of methoxy groups -OCH3 is 2. The SMILES string of the molecule is CCNC(=NCCCc1ccc(OC)c(OC)c1)N1CCC2(CCC2)C1. The second-order valence-electron chi connectivity index (χ2n) is 7.55. The molecule has 0 bridgehead atoms. The second kappa shape index (κ2) is 8.65. The number of nitrogens with one attached hydrogen (secondary N) is 1. The van der Waals surface area contributed by atoms with Crippen LogP contribution in [0.5, 0.6) is 11.5 Å². The molecule has 5 heteroatoms. The van der Waals surface area contributed by atoms with E-state index in [4.69, 9.17) is 14.5 Å². The molecule has 1 aromatic carbocycles. The minimum Gasteiger partial charge on any atom is -0.493 e. The second-order valence-corrected chi connectivity index (χ2v) is 7.55. The van der Waals surface area contributed by atoms with Gasteiger partial charge in [-0.05, 0) is 62.1 Å². The van der Waals surface area contributed by atoms with Crippen LogP contribution < -0.4 is 14.8 Å². The van der Waals surface area contributed by atoms with Crippen molar-refractivity contribution in [1.82, 2.24) is 10.2 Å². The van der Waals surface area contributed by atoms with E-state index in [1.165, 1.54) is 37.8 Å². The molecule has 0 amide bonds. The fourth-order valence-electron chi connectivity index (χ4n) is 4.13. The van der Waals surface area contributed by atoms with Gasteiger partial charge in [-0.2, -0.15) is 0 Å². The topological polar surface area (TPSA) is 46.1 Å². The monoisotopic (exact) mass is 359 g/mol. The van der Waals surface area contributed by atoms with Crippen molar-refractivity contribution in [3.05, 3.63) is 23.8 Å². The van der Waals surface area contributed by atoms with Crippen LogP contribution in [-0.4, -0.2) is 51.3 Å². The molecule has 3 rings (SSSR count). The van der Waals surface area contributed by atoms with Crippen LogP contribution in [0.15, 0.2) is 23.2 Å². The Balaban J connectivity index is 1.52. The molecule has 1 aliphatic heterocycles. The lowest BCUT2D eigenvalue weighted by molar-refractivity contribution is 0.151. The van der Waals surface area contributed by atoms with Crippen molar-refractivity contribution in [3.63, 3.8) is 0 Å². The molecule has 1 aliphatic carbocycles. The zero-order valence-electron chi connectivity index (χ0n) is 16.5. The summed E-state index contributed by atoms with van der Waals surface area (Å²) in [4.78, 5) is 7.36. The lowest BCUT2D eigenvalue weighted by atomic mass is 9.68. The zero-order valence-corrected chi connectivity index (χ0v) is 16.5. The van der Waals surface area contributed by atoms with E-state index in [9.17, 15) is 0 Å². The number of nitrogens with zero attached hydrogens (tertiary/aromatic N) is 2. The van der Waals surface area contributed by atoms with Gasteiger partial charge in [-0.3, -0.25) is 4.99 Å². The third-order valence-electron chi connectivity index (χ3n) is 5.82. The van der Waals surface area contributed by atoms with Gasteiger partial charge in [0.2, 0.25) is 0 Å². The zero-order chi connectivity index (χ0) is 18.4. The number of aryl methyl sites for hydroxylation is 1. The molecule has 5 nitrogen and oxygen atoms in total. The first-order chi connectivity index (χ1) is 12.7. The van der Waals surface area contributed by atoms with Crippen molar-refractivity contribution in [2.24, 2.45) is 10.4 Å².